The molecule has 1 aliphatic rings. The summed E-state index contributed by atoms with van der Waals surface area (Å²) < 4.78 is 5.25. The lowest BCUT2D eigenvalue weighted by molar-refractivity contribution is 0.0506. The van der Waals surface area contributed by atoms with Gasteiger partial charge in [-0.15, -0.1) is 0 Å². The van der Waals surface area contributed by atoms with Gasteiger partial charge in [-0.1, -0.05) is 31.0 Å². The molecule has 1 fully saturated rings. The highest BCUT2D eigenvalue weighted by molar-refractivity contribution is 5.90. The molecular weight excluding hydrogens is 320 g/mol. The number of anilines is 1. The van der Waals surface area contributed by atoms with Crippen molar-refractivity contribution >= 4 is 11.7 Å². The van der Waals surface area contributed by atoms with E-state index in [4.69, 9.17) is 4.52 Å². The van der Waals surface area contributed by atoms with Crippen LogP contribution in [-0.4, -0.2) is 33.4 Å². The highest BCUT2D eigenvalue weighted by Gasteiger charge is 2.31. The van der Waals surface area contributed by atoms with Gasteiger partial charge in [0, 0.05) is 24.2 Å². The maximum Gasteiger partial charge on any atom is 0.319 e. The minimum atomic E-state index is -0.769. The molecule has 2 aromatic rings. The SMILES string of the molecule is CCc1noc(-c2ccc(C)c(NC(=O)NCC3(O)CCCC3)c2)n1. The van der Waals surface area contributed by atoms with Crippen LogP contribution in [0.25, 0.3) is 11.5 Å². The van der Waals surface area contributed by atoms with Crippen LogP contribution in [0.3, 0.4) is 0 Å². The van der Waals surface area contributed by atoms with Gasteiger partial charge in [-0.25, -0.2) is 4.79 Å². The van der Waals surface area contributed by atoms with Crippen LogP contribution >= 0.6 is 0 Å². The number of benzene rings is 1. The molecule has 0 spiro atoms. The zero-order valence-electron chi connectivity index (χ0n) is 14.6. The summed E-state index contributed by atoms with van der Waals surface area (Å²) in [5.74, 6) is 1.08. The molecule has 7 heteroatoms. The van der Waals surface area contributed by atoms with Gasteiger partial charge in [-0.05, 0) is 37.5 Å². The van der Waals surface area contributed by atoms with Gasteiger partial charge in [0.25, 0.3) is 5.89 Å². The number of carbonyl (C=O) groups excluding carboxylic acids is 1. The molecule has 0 unspecified atom stereocenters. The van der Waals surface area contributed by atoms with Crippen molar-refractivity contribution in [2.75, 3.05) is 11.9 Å². The van der Waals surface area contributed by atoms with E-state index in [1.165, 1.54) is 0 Å². The van der Waals surface area contributed by atoms with E-state index in [-0.39, 0.29) is 12.6 Å². The summed E-state index contributed by atoms with van der Waals surface area (Å²) in [6, 6.07) is 5.25. The molecule has 134 valence electrons. The maximum absolute atomic E-state index is 12.2. The van der Waals surface area contributed by atoms with Crippen LogP contribution in [0.15, 0.2) is 22.7 Å². The molecule has 1 aromatic carbocycles. The van der Waals surface area contributed by atoms with E-state index in [0.717, 1.165) is 36.8 Å². The number of rotatable bonds is 5. The van der Waals surface area contributed by atoms with Crippen LogP contribution in [0.5, 0.6) is 0 Å². The van der Waals surface area contributed by atoms with Crippen molar-refractivity contribution in [1.82, 2.24) is 15.5 Å². The van der Waals surface area contributed by atoms with Crippen molar-refractivity contribution < 1.29 is 14.4 Å². The Morgan fingerprint density at radius 3 is 2.80 bits per heavy atom. The molecule has 0 atom stereocenters. The number of aryl methyl sites for hydroxylation is 2. The van der Waals surface area contributed by atoms with Crippen LogP contribution in [0, 0.1) is 6.92 Å². The summed E-state index contributed by atoms with van der Waals surface area (Å²) in [5.41, 5.74) is 1.58. The zero-order chi connectivity index (χ0) is 17.9. The molecule has 0 saturated heterocycles. The van der Waals surface area contributed by atoms with E-state index < -0.39 is 5.60 Å². The molecule has 1 heterocycles. The zero-order valence-corrected chi connectivity index (χ0v) is 14.6. The predicted molar refractivity (Wildman–Crippen MR) is 94.3 cm³/mol. The monoisotopic (exact) mass is 344 g/mol. The summed E-state index contributed by atoms with van der Waals surface area (Å²) in [7, 11) is 0. The van der Waals surface area contributed by atoms with Crippen molar-refractivity contribution in [2.45, 2.75) is 51.6 Å². The number of hydrogen-bond donors (Lipinski definition) is 3. The Kier molecular flexibility index (Phi) is 5.03. The topological polar surface area (TPSA) is 100 Å². The van der Waals surface area contributed by atoms with Crippen molar-refractivity contribution in [3.05, 3.63) is 29.6 Å². The summed E-state index contributed by atoms with van der Waals surface area (Å²) in [6.07, 6.45) is 4.18. The quantitative estimate of drug-likeness (QED) is 0.774. The average molecular weight is 344 g/mol. The number of aromatic nitrogens is 2. The third-order valence-electron chi connectivity index (χ3n) is 4.63. The van der Waals surface area contributed by atoms with Crippen molar-refractivity contribution in [2.24, 2.45) is 0 Å². The smallest absolute Gasteiger partial charge is 0.319 e. The van der Waals surface area contributed by atoms with E-state index >= 15 is 0 Å². The lowest BCUT2D eigenvalue weighted by Gasteiger charge is -2.22. The minimum absolute atomic E-state index is 0.265. The Bertz CT molecular complexity index is 751. The number of carbonyl (C=O) groups is 1. The number of amides is 2. The largest absolute Gasteiger partial charge is 0.388 e. The van der Waals surface area contributed by atoms with Gasteiger partial charge in [-0.3, -0.25) is 0 Å². The Balaban J connectivity index is 1.67. The molecule has 2 amide bonds. The van der Waals surface area contributed by atoms with E-state index in [2.05, 4.69) is 20.8 Å². The van der Waals surface area contributed by atoms with Gasteiger partial charge in [0.1, 0.15) is 0 Å². The molecule has 1 saturated carbocycles. The summed E-state index contributed by atoms with van der Waals surface area (Å²) >= 11 is 0. The first-order valence-electron chi connectivity index (χ1n) is 8.70. The Hall–Kier alpha value is -2.41. The Morgan fingerprint density at radius 1 is 1.36 bits per heavy atom. The molecule has 3 rings (SSSR count). The van der Waals surface area contributed by atoms with Gasteiger partial charge in [0.15, 0.2) is 5.82 Å². The Labute approximate surface area is 146 Å². The summed E-state index contributed by atoms with van der Waals surface area (Å²) in [6.45, 7) is 4.13. The van der Waals surface area contributed by atoms with Gasteiger partial charge in [0.05, 0.1) is 5.60 Å². The summed E-state index contributed by atoms with van der Waals surface area (Å²) in [5, 5.41) is 19.8. The van der Waals surface area contributed by atoms with Gasteiger partial charge in [0.2, 0.25) is 0 Å². The van der Waals surface area contributed by atoms with Crippen LogP contribution < -0.4 is 10.6 Å². The molecule has 3 N–H and O–H groups in total. The Morgan fingerprint density at radius 2 is 2.12 bits per heavy atom. The van der Waals surface area contributed by atoms with Crippen LogP contribution in [-0.2, 0) is 6.42 Å². The van der Waals surface area contributed by atoms with Gasteiger partial charge >= 0.3 is 6.03 Å². The average Bonchev–Trinajstić information content (AvgIpc) is 3.25. The van der Waals surface area contributed by atoms with Crippen LogP contribution in [0.2, 0.25) is 0 Å². The number of urea groups is 1. The number of hydrogen-bond acceptors (Lipinski definition) is 5. The van der Waals surface area contributed by atoms with Crippen LogP contribution in [0.1, 0.15) is 44.0 Å². The molecule has 0 radical (unpaired) electrons. The second-order valence-electron chi connectivity index (χ2n) is 6.64. The van der Waals surface area contributed by atoms with Crippen molar-refractivity contribution in [1.29, 1.82) is 0 Å². The van der Waals surface area contributed by atoms with E-state index in [1.807, 2.05) is 32.0 Å². The molecule has 0 bridgehead atoms. The third kappa shape index (κ3) is 4.17. The molecule has 1 aliphatic carbocycles. The lowest BCUT2D eigenvalue weighted by Crippen LogP contribution is -2.42. The fourth-order valence-corrected chi connectivity index (χ4v) is 3.03. The van der Waals surface area contributed by atoms with Gasteiger partial charge in [-0.2, -0.15) is 4.98 Å². The second-order valence-corrected chi connectivity index (χ2v) is 6.64. The number of aliphatic hydroxyl groups is 1. The lowest BCUT2D eigenvalue weighted by atomic mass is 10.0. The first-order valence-corrected chi connectivity index (χ1v) is 8.70. The normalized spacial score (nSPS) is 16.0. The first-order chi connectivity index (χ1) is 12.0. The summed E-state index contributed by atoms with van der Waals surface area (Å²) in [4.78, 5) is 16.5. The first kappa shape index (κ1) is 17.4. The molecule has 0 aliphatic heterocycles. The van der Waals surface area contributed by atoms with Crippen molar-refractivity contribution in [3.8, 4) is 11.5 Å². The number of nitrogens with one attached hydrogen (secondary N) is 2. The highest BCUT2D eigenvalue weighted by atomic mass is 16.5. The van der Waals surface area contributed by atoms with Gasteiger partial charge < -0.3 is 20.3 Å². The molecule has 1 aromatic heterocycles. The molecule has 25 heavy (non-hydrogen) atoms. The predicted octanol–water partition coefficient (Wildman–Crippen LogP) is 3.03. The van der Waals surface area contributed by atoms with E-state index in [1.54, 1.807) is 0 Å². The number of nitrogens with zero attached hydrogens (tertiary/aromatic N) is 2. The van der Waals surface area contributed by atoms with E-state index in [0.29, 0.717) is 23.8 Å². The maximum atomic E-state index is 12.2. The van der Waals surface area contributed by atoms with E-state index in [9.17, 15) is 9.90 Å². The van der Waals surface area contributed by atoms with Crippen LogP contribution in [0.4, 0.5) is 10.5 Å². The fourth-order valence-electron chi connectivity index (χ4n) is 3.03. The standard InChI is InChI=1S/C18H24N4O3/c1-3-15-21-16(25-22-15)13-7-6-12(2)14(10-13)20-17(23)19-11-18(24)8-4-5-9-18/h6-7,10,24H,3-5,8-9,11H2,1-2H3,(H2,19,20,23). The highest BCUT2D eigenvalue weighted by Crippen LogP contribution is 2.28. The second kappa shape index (κ2) is 7.23. The van der Waals surface area contributed by atoms with Crippen molar-refractivity contribution in [3.63, 3.8) is 0 Å². The minimum Gasteiger partial charge on any atom is -0.388 e. The fraction of sp³-hybridized carbons (Fsp3) is 0.500. The third-order valence-corrected chi connectivity index (χ3v) is 4.63. The molecule has 7 nitrogen and oxygen atoms in total. The molecular formula is C18H24N4O3.